The van der Waals surface area contributed by atoms with Crippen molar-refractivity contribution in [3.05, 3.63) is 24.0 Å². The van der Waals surface area contributed by atoms with E-state index in [4.69, 9.17) is 5.73 Å². The normalized spacial score (nSPS) is 13.1. The third-order valence-electron chi connectivity index (χ3n) is 1.89. The predicted octanol–water partition coefficient (Wildman–Crippen LogP) is 2.04. The summed E-state index contributed by atoms with van der Waals surface area (Å²) in [5.41, 5.74) is 4.51. The van der Waals surface area contributed by atoms with E-state index in [1.807, 2.05) is 0 Å². The number of nitrogens with two attached hydrogens (primary N) is 1. The molecule has 3 nitrogen and oxygen atoms in total. The number of nitrogen functional groups attached to an aromatic ring is 1. The Bertz CT molecular complexity index is 529. The number of benzene rings is 1. The van der Waals surface area contributed by atoms with Crippen LogP contribution < -0.4 is 5.73 Å². The molecule has 0 unspecified atom stereocenters. The van der Waals surface area contributed by atoms with Gasteiger partial charge < -0.3 is 5.73 Å². The molecule has 0 bridgehead atoms. The molecule has 0 saturated heterocycles. The Balaban J connectivity index is 3.37. The second kappa shape index (κ2) is 4.13. The average Bonchev–Trinajstić information content (AvgIpc) is 2.21. The molecule has 0 spiro atoms. The molecule has 0 aliphatic rings. The van der Waals surface area contributed by atoms with Gasteiger partial charge in [-0.1, -0.05) is 0 Å². The minimum absolute atomic E-state index is 0.168. The molecule has 0 aliphatic carbocycles. The third-order valence-corrected chi connectivity index (χ3v) is 3.66. The van der Waals surface area contributed by atoms with E-state index in [-0.39, 0.29) is 6.07 Å². The standard InChI is InChI=1S/C8H6F5NO2S/c9-5-3-4(1-2-6(5)14)17(15,16)8(12,13)7(10)11/h1-3,7H,14H2. The highest BCUT2D eigenvalue weighted by Gasteiger charge is 2.54. The smallest absolute Gasteiger partial charge is 0.396 e. The Morgan fingerprint density at radius 3 is 2.18 bits per heavy atom. The van der Waals surface area contributed by atoms with Crippen LogP contribution in [0.1, 0.15) is 0 Å². The van der Waals surface area contributed by atoms with E-state index in [1.54, 1.807) is 0 Å². The Labute approximate surface area is 93.0 Å². The van der Waals surface area contributed by atoms with E-state index in [2.05, 4.69) is 0 Å². The van der Waals surface area contributed by atoms with Gasteiger partial charge in [0.2, 0.25) is 9.84 Å². The molecule has 0 aliphatic heterocycles. The van der Waals surface area contributed by atoms with Crippen molar-refractivity contribution < 1.29 is 30.4 Å². The van der Waals surface area contributed by atoms with Gasteiger partial charge in [-0.25, -0.2) is 21.6 Å². The van der Waals surface area contributed by atoms with Crippen molar-refractivity contribution in [2.45, 2.75) is 16.6 Å². The second-order valence-corrected chi connectivity index (χ2v) is 5.07. The fourth-order valence-electron chi connectivity index (χ4n) is 0.949. The summed E-state index contributed by atoms with van der Waals surface area (Å²) in [6, 6.07) is 1.40. The van der Waals surface area contributed by atoms with Crippen LogP contribution in [0, 0.1) is 5.82 Å². The van der Waals surface area contributed by atoms with Crippen LogP contribution in [0.3, 0.4) is 0 Å². The van der Waals surface area contributed by atoms with E-state index in [1.165, 1.54) is 0 Å². The summed E-state index contributed by atoms with van der Waals surface area (Å²) in [5, 5.41) is -5.28. The van der Waals surface area contributed by atoms with Gasteiger partial charge in [0, 0.05) is 0 Å². The van der Waals surface area contributed by atoms with Crippen molar-refractivity contribution >= 4 is 15.5 Å². The van der Waals surface area contributed by atoms with Crippen molar-refractivity contribution in [1.82, 2.24) is 0 Å². The molecule has 9 heteroatoms. The number of sulfone groups is 1. The van der Waals surface area contributed by atoms with Crippen LogP contribution in [-0.2, 0) is 9.84 Å². The third kappa shape index (κ3) is 2.19. The quantitative estimate of drug-likeness (QED) is 0.678. The molecule has 2 N–H and O–H groups in total. The maximum Gasteiger partial charge on any atom is 0.408 e. The zero-order chi connectivity index (χ0) is 13.4. The van der Waals surface area contributed by atoms with Crippen LogP contribution in [-0.4, -0.2) is 20.1 Å². The summed E-state index contributed by atoms with van der Waals surface area (Å²) in [5.74, 6) is -1.28. The van der Waals surface area contributed by atoms with Gasteiger partial charge in [0.05, 0.1) is 10.6 Å². The molecule has 17 heavy (non-hydrogen) atoms. The molecule has 0 fully saturated rings. The zero-order valence-corrected chi connectivity index (χ0v) is 8.82. The zero-order valence-electron chi connectivity index (χ0n) is 8.00. The topological polar surface area (TPSA) is 60.2 Å². The fraction of sp³-hybridized carbons (Fsp3) is 0.250. The minimum Gasteiger partial charge on any atom is -0.396 e. The average molecular weight is 275 g/mol. The van der Waals surface area contributed by atoms with Crippen molar-refractivity contribution in [3.8, 4) is 0 Å². The molecule has 1 aromatic carbocycles. The van der Waals surface area contributed by atoms with Crippen LogP contribution in [0.4, 0.5) is 27.6 Å². The molecule has 0 amide bonds. The van der Waals surface area contributed by atoms with E-state index in [0.717, 1.165) is 0 Å². The highest BCUT2D eigenvalue weighted by atomic mass is 32.2. The van der Waals surface area contributed by atoms with E-state index in [9.17, 15) is 30.4 Å². The maximum atomic E-state index is 12.9. The second-order valence-electron chi connectivity index (χ2n) is 3.05. The van der Waals surface area contributed by atoms with Crippen LogP contribution >= 0.6 is 0 Å². The van der Waals surface area contributed by atoms with Gasteiger partial charge in [0.1, 0.15) is 5.82 Å². The van der Waals surface area contributed by atoms with Gasteiger partial charge in [-0.15, -0.1) is 0 Å². The summed E-state index contributed by atoms with van der Waals surface area (Å²) in [6.45, 7) is 0. The number of anilines is 1. The summed E-state index contributed by atoms with van der Waals surface area (Å²) >= 11 is 0. The van der Waals surface area contributed by atoms with Gasteiger partial charge in [0.15, 0.2) is 0 Å². The molecule has 96 valence electrons. The lowest BCUT2D eigenvalue weighted by atomic mass is 10.3. The Morgan fingerprint density at radius 2 is 1.76 bits per heavy atom. The molecule has 1 aromatic rings. The molecule has 0 radical (unpaired) electrons. The lowest BCUT2D eigenvalue weighted by molar-refractivity contribution is -0.0636. The molecular weight excluding hydrogens is 269 g/mol. The largest absolute Gasteiger partial charge is 0.408 e. The number of rotatable bonds is 3. The SMILES string of the molecule is Nc1ccc(S(=O)(=O)C(F)(F)C(F)F)cc1F. The molecule has 0 saturated carbocycles. The summed E-state index contributed by atoms with van der Waals surface area (Å²) < 4.78 is 84.5. The van der Waals surface area contributed by atoms with Gasteiger partial charge >= 0.3 is 11.7 Å². The minimum atomic E-state index is -5.66. The first-order valence-electron chi connectivity index (χ1n) is 4.06. The summed E-state index contributed by atoms with van der Waals surface area (Å²) in [6.07, 6.45) is -4.41. The molecule has 0 aromatic heterocycles. The van der Waals surface area contributed by atoms with Crippen molar-refractivity contribution in [2.24, 2.45) is 0 Å². The first kappa shape index (κ1) is 13.7. The van der Waals surface area contributed by atoms with E-state index >= 15 is 0 Å². The van der Waals surface area contributed by atoms with E-state index < -0.39 is 37.9 Å². The van der Waals surface area contributed by atoms with Crippen molar-refractivity contribution in [1.29, 1.82) is 0 Å². The van der Waals surface area contributed by atoms with Gasteiger partial charge in [0.25, 0.3) is 0 Å². The molecule has 0 atom stereocenters. The van der Waals surface area contributed by atoms with Crippen molar-refractivity contribution in [3.63, 3.8) is 0 Å². The Kier molecular flexibility index (Phi) is 3.33. The summed E-state index contributed by atoms with van der Waals surface area (Å²) in [7, 11) is -5.66. The van der Waals surface area contributed by atoms with Crippen LogP contribution in [0.25, 0.3) is 0 Å². The van der Waals surface area contributed by atoms with Gasteiger partial charge in [-0.05, 0) is 18.2 Å². The van der Waals surface area contributed by atoms with Crippen LogP contribution in [0.5, 0.6) is 0 Å². The van der Waals surface area contributed by atoms with Gasteiger partial charge in [-0.3, -0.25) is 0 Å². The highest BCUT2D eigenvalue weighted by molar-refractivity contribution is 7.92. The maximum absolute atomic E-state index is 12.9. The first-order valence-corrected chi connectivity index (χ1v) is 5.54. The summed E-state index contributed by atoms with van der Waals surface area (Å²) in [4.78, 5) is -1.26. The number of hydrogen-bond acceptors (Lipinski definition) is 3. The first-order chi connectivity index (χ1) is 7.60. The highest BCUT2D eigenvalue weighted by Crippen LogP contribution is 2.35. The van der Waals surface area contributed by atoms with E-state index in [0.29, 0.717) is 12.1 Å². The number of alkyl halides is 4. The number of hydrogen-bond donors (Lipinski definition) is 1. The lowest BCUT2D eigenvalue weighted by Gasteiger charge is -2.15. The lowest BCUT2D eigenvalue weighted by Crippen LogP contribution is -2.36. The Morgan fingerprint density at radius 1 is 1.24 bits per heavy atom. The van der Waals surface area contributed by atoms with Crippen LogP contribution in [0.2, 0.25) is 0 Å². The van der Waals surface area contributed by atoms with Gasteiger partial charge in [-0.2, -0.15) is 8.78 Å². The molecular formula is C8H6F5NO2S. The molecule has 1 rings (SSSR count). The predicted molar refractivity (Wildman–Crippen MR) is 48.9 cm³/mol. The fourth-order valence-corrected chi connectivity index (χ4v) is 2.00. The molecule has 0 heterocycles. The monoisotopic (exact) mass is 275 g/mol. The number of halogens is 5. The van der Waals surface area contributed by atoms with Crippen LogP contribution in [0.15, 0.2) is 23.1 Å². The Hall–Kier alpha value is -1.38. The van der Waals surface area contributed by atoms with Crippen molar-refractivity contribution in [2.75, 3.05) is 5.73 Å².